The first-order valence-electron chi connectivity index (χ1n) is 6.77. The number of rotatable bonds is 6. The number of hydrogen-bond donors (Lipinski definition) is 0. The predicted molar refractivity (Wildman–Crippen MR) is 70.4 cm³/mol. The smallest absolute Gasteiger partial charge is 0.314 e. The van der Waals surface area contributed by atoms with Crippen molar-refractivity contribution in [3.05, 3.63) is 0 Å². The van der Waals surface area contributed by atoms with Crippen LogP contribution in [0.5, 0.6) is 0 Å². The Hall–Kier alpha value is -0.330. The number of alkyl halides is 5. The quantitative estimate of drug-likeness (QED) is 0.393. The molecule has 20 heavy (non-hydrogen) atoms. The average Bonchev–Trinajstić information content (AvgIpc) is 2.37. The van der Waals surface area contributed by atoms with Gasteiger partial charge in [0.2, 0.25) is 0 Å². The van der Waals surface area contributed by atoms with Crippen molar-refractivity contribution in [3.8, 4) is 0 Å². The van der Waals surface area contributed by atoms with E-state index in [0.717, 1.165) is 6.42 Å². The molecule has 2 nitrogen and oxygen atoms in total. The summed E-state index contributed by atoms with van der Waals surface area (Å²) in [6.45, 7) is 1.58. The van der Waals surface area contributed by atoms with E-state index < -0.39 is 41.4 Å². The lowest BCUT2D eigenvalue weighted by Gasteiger charge is -2.38. The van der Waals surface area contributed by atoms with Crippen molar-refractivity contribution in [2.75, 3.05) is 6.61 Å². The molecule has 1 saturated carbocycles. The molecule has 0 heterocycles. The van der Waals surface area contributed by atoms with Crippen molar-refractivity contribution < 1.29 is 27.1 Å². The SMILES string of the molecule is CCOC(=O)CCC(F)(F)C(F)(F)[C@H]1CCCC[C@H]1Br. The zero-order chi connectivity index (χ0) is 15.4. The second kappa shape index (κ2) is 7.09. The van der Waals surface area contributed by atoms with Crippen LogP contribution in [0.25, 0.3) is 0 Å². The zero-order valence-electron chi connectivity index (χ0n) is 11.3. The van der Waals surface area contributed by atoms with Crippen LogP contribution in [0, 0.1) is 5.92 Å². The third-order valence-corrected chi connectivity index (χ3v) is 4.68. The predicted octanol–water partition coefficient (Wildman–Crippen LogP) is 4.55. The Balaban J connectivity index is 2.69. The lowest BCUT2D eigenvalue weighted by Crippen LogP contribution is -2.50. The molecule has 0 amide bonds. The van der Waals surface area contributed by atoms with Crippen LogP contribution in [0.15, 0.2) is 0 Å². The highest BCUT2D eigenvalue weighted by Crippen LogP contribution is 2.49. The second-order valence-corrected chi connectivity index (χ2v) is 6.22. The first-order chi connectivity index (χ1) is 9.22. The Morgan fingerprint density at radius 1 is 1.25 bits per heavy atom. The summed E-state index contributed by atoms with van der Waals surface area (Å²) in [7, 11) is 0. The summed E-state index contributed by atoms with van der Waals surface area (Å²) in [6, 6.07) is 0. The molecule has 1 aliphatic carbocycles. The van der Waals surface area contributed by atoms with Crippen molar-refractivity contribution in [2.24, 2.45) is 5.92 Å². The van der Waals surface area contributed by atoms with Crippen LogP contribution in [0.4, 0.5) is 17.6 Å². The number of hydrogen-bond acceptors (Lipinski definition) is 2. The second-order valence-electron chi connectivity index (χ2n) is 5.04. The lowest BCUT2D eigenvalue weighted by molar-refractivity contribution is -0.242. The minimum atomic E-state index is -4.20. The maximum absolute atomic E-state index is 14.0. The topological polar surface area (TPSA) is 26.3 Å². The zero-order valence-corrected chi connectivity index (χ0v) is 12.9. The van der Waals surface area contributed by atoms with Gasteiger partial charge in [-0.1, -0.05) is 28.8 Å². The summed E-state index contributed by atoms with van der Waals surface area (Å²) in [5.41, 5.74) is 0. The van der Waals surface area contributed by atoms with Crippen LogP contribution in [0.1, 0.15) is 45.4 Å². The van der Waals surface area contributed by atoms with E-state index in [1.807, 2.05) is 0 Å². The molecule has 0 saturated heterocycles. The van der Waals surface area contributed by atoms with E-state index in [9.17, 15) is 22.4 Å². The number of halogens is 5. The fourth-order valence-electron chi connectivity index (χ4n) is 2.42. The highest BCUT2D eigenvalue weighted by Gasteiger charge is 2.61. The Kier molecular flexibility index (Phi) is 6.28. The van der Waals surface area contributed by atoms with Gasteiger partial charge in [0, 0.05) is 17.2 Å². The van der Waals surface area contributed by atoms with Crippen molar-refractivity contribution in [1.29, 1.82) is 0 Å². The average molecular weight is 363 g/mol. The first kappa shape index (κ1) is 17.7. The van der Waals surface area contributed by atoms with Crippen LogP contribution in [-0.2, 0) is 9.53 Å². The van der Waals surface area contributed by atoms with Crippen molar-refractivity contribution >= 4 is 21.9 Å². The summed E-state index contributed by atoms with van der Waals surface area (Å²) in [6.07, 6.45) is -0.0650. The molecule has 0 N–H and O–H groups in total. The number of esters is 1. The summed E-state index contributed by atoms with van der Waals surface area (Å²) in [5, 5.41) is 0. The van der Waals surface area contributed by atoms with Crippen LogP contribution < -0.4 is 0 Å². The summed E-state index contributed by atoms with van der Waals surface area (Å²) >= 11 is 3.08. The highest BCUT2D eigenvalue weighted by atomic mass is 79.9. The Morgan fingerprint density at radius 2 is 1.85 bits per heavy atom. The fraction of sp³-hybridized carbons (Fsp3) is 0.923. The van der Waals surface area contributed by atoms with Crippen LogP contribution in [0.2, 0.25) is 0 Å². The van der Waals surface area contributed by atoms with Gasteiger partial charge >= 0.3 is 17.8 Å². The molecular formula is C13H19BrF4O2. The maximum Gasteiger partial charge on any atom is 0.314 e. The molecule has 0 aromatic rings. The Morgan fingerprint density at radius 3 is 2.40 bits per heavy atom. The summed E-state index contributed by atoms with van der Waals surface area (Å²) in [4.78, 5) is 10.4. The molecule has 1 rings (SSSR count). The molecule has 0 spiro atoms. The monoisotopic (exact) mass is 362 g/mol. The molecule has 0 bridgehead atoms. The molecule has 0 aliphatic heterocycles. The summed E-state index contributed by atoms with van der Waals surface area (Å²) in [5.74, 6) is -10.6. The fourth-order valence-corrected chi connectivity index (χ4v) is 3.34. The number of carbonyl (C=O) groups excluding carboxylic acids is 1. The standard InChI is InChI=1S/C13H19BrF4O2/c1-2-20-11(19)7-8-12(15,16)13(17,18)9-5-3-4-6-10(9)14/h9-10H,2-8H2,1H3/t9-,10+/m0/s1. The number of carbonyl (C=O) groups is 1. The van der Waals surface area contributed by atoms with Gasteiger partial charge in [-0.3, -0.25) is 4.79 Å². The van der Waals surface area contributed by atoms with E-state index in [0.29, 0.717) is 12.8 Å². The summed E-state index contributed by atoms with van der Waals surface area (Å²) < 4.78 is 60.1. The number of ether oxygens (including phenoxy) is 1. The van der Waals surface area contributed by atoms with Gasteiger partial charge in [-0.2, -0.15) is 17.6 Å². The lowest BCUT2D eigenvalue weighted by atomic mass is 9.81. The van der Waals surface area contributed by atoms with Gasteiger partial charge in [-0.05, 0) is 19.8 Å². The normalized spacial score (nSPS) is 24.5. The van der Waals surface area contributed by atoms with E-state index in [-0.39, 0.29) is 13.0 Å². The molecule has 2 atom stereocenters. The minimum Gasteiger partial charge on any atom is -0.466 e. The Labute approximate surface area is 124 Å². The Bertz CT molecular complexity index is 336. The maximum atomic E-state index is 14.0. The van der Waals surface area contributed by atoms with Gasteiger partial charge < -0.3 is 4.74 Å². The molecule has 1 fully saturated rings. The van der Waals surface area contributed by atoms with E-state index in [1.54, 1.807) is 0 Å². The van der Waals surface area contributed by atoms with Crippen LogP contribution in [0.3, 0.4) is 0 Å². The molecule has 118 valence electrons. The van der Waals surface area contributed by atoms with Crippen LogP contribution in [-0.4, -0.2) is 29.2 Å². The van der Waals surface area contributed by atoms with Gasteiger partial charge in [-0.25, -0.2) is 0 Å². The van der Waals surface area contributed by atoms with Gasteiger partial charge in [0.25, 0.3) is 0 Å². The van der Waals surface area contributed by atoms with Crippen LogP contribution >= 0.6 is 15.9 Å². The molecule has 0 aromatic heterocycles. The third-order valence-electron chi connectivity index (χ3n) is 3.58. The molecule has 0 radical (unpaired) electrons. The minimum absolute atomic E-state index is 0.0485. The van der Waals surface area contributed by atoms with Gasteiger partial charge in [-0.15, -0.1) is 0 Å². The molecule has 0 unspecified atom stereocenters. The molecule has 7 heteroatoms. The molecule has 1 aliphatic rings. The molecular weight excluding hydrogens is 344 g/mol. The van der Waals surface area contributed by atoms with E-state index in [2.05, 4.69) is 20.7 Å². The van der Waals surface area contributed by atoms with Crippen molar-refractivity contribution in [3.63, 3.8) is 0 Å². The van der Waals surface area contributed by atoms with Crippen molar-refractivity contribution in [1.82, 2.24) is 0 Å². The largest absolute Gasteiger partial charge is 0.466 e. The van der Waals surface area contributed by atoms with Gasteiger partial charge in [0.15, 0.2) is 0 Å². The highest BCUT2D eigenvalue weighted by molar-refractivity contribution is 9.09. The molecule has 0 aromatic carbocycles. The van der Waals surface area contributed by atoms with Gasteiger partial charge in [0.1, 0.15) is 0 Å². The third kappa shape index (κ3) is 4.09. The van der Waals surface area contributed by atoms with Crippen molar-refractivity contribution in [2.45, 2.75) is 62.1 Å². The van der Waals surface area contributed by atoms with Gasteiger partial charge in [0.05, 0.1) is 13.0 Å². The van der Waals surface area contributed by atoms with E-state index in [1.165, 1.54) is 6.92 Å². The van der Waals surface area contributed by atoms with E-state index in [4.69, 9.17) is 0 Å². The first-order valence-corrected chi connectivity index (χ1v) is 7.69. The van der Waals surface area contributed by atoms with E-state index >= 15 is 0 Å².